The van der Waals surface area contributed by atoms with Gasteiger partial charge in [-0.25, -0.2) is 9.37 Å². The van der Waals surface area contributed by atoms with Gasteiger partial charge in [-0.05, 0) is 39.0 Å². The van der Waals surface area contributed by atoms with E-state index >= 15 is 0 Å². The fourth-order valence-corrected chi connectivity index (χ4v) is 1.90. The number of imidazole rings is 1. The van der Waals surface area contributed by atoms with Crippen molar-refractivity contribution in [3.63, 3.8) is 0 Å². The Hall–Kier alpha value is -1.39. The zero-order chi connectivity index (χ0) is 14.0. The normalized spacial score (nSPS) is 11.8. The van der Waals surface area contributed by atoms with Gasteiger partial charge in [-0.3, -0.25) is 0 Å². The first-order valence-corrected chi connectivity index (χ1v) is 6.46. The molecule has 1 aromatic heterocycles. The van der Waals surface area contributed by atoms with Crippen molar-refractivity contribution in [2.75, 3.05) is 0 Å². The molecule has 0 aliphatic heterocycles. The standard InChI is InChI=1S/C14H17ClFN3/c1-14(2,3)18-8-11-7-17-9-19(11)13-6-10(16)4-5-12(13)15/h4-7,9,18H,8H2,1-3H3. The second-order valence-electron chi connectivity index (χ2n) is 5.45. The molecule has 0 radical (unpaired) electrons. The molecule has 102 valence electrons. The largest absolute Gasteiger partial charge is 0.306 e. The van der Waals surface area contributed by atoms with Crippen LogP contribution < -0.4 is 5.32 Å². The van der Waals surface area contributed by atoms with Crippen molar-refractivity contribution < 1.29 is 4.39 Å². The quantitative estimate of drug-likeness (QED) is 0.932. The minimum atomic E-state index is -0.317. The van der Waals surface area contributed by atoms with Crippen molar-refractivity contribution in [3.05, 3.63) is 47.3 Å². The molecular weight excluding hydrogens is 265 g/mol. The Morgan fingerprint density at radius 3 is 2.79 bits per heavy atom. The van der Waals surface area contributed by atoms with Gasteiger partial charge >= 0.3 is 0 Å². The molecule has 0 atom stereocenters. The number of hydrogen-bond acceptors (Lipinski definition) is 2. The number of aromatic nitrogens is 2. The first kappa shape index (κ1) is 14.0. The summed E-state index contributed by atoms with van der Waals surface area (Å²) in [6, 6.07) is 4.30. The van der Waals surface area contributed by atoms with Gasteiger partial charge in [0.05, 0.1) is 22.7 Å². The maximum Gasteiger partial charge on any atom is 0.125 e. The van der Waals surface area contributed by atoms with Crippen molar-refractivity contribution in [1.82, 2.24) is 14.9 Å². The number of rotatable bonds is 3. The third-order valence-electron chi connectivity index (χ3n) is 2.68. The second kappa shape index (κ2) is 5.31. The van der Waals surface area contributed by atoms with E-state index in [1.165, 1.54) is 12.1 Å². The van der Waals surface area contributed by atoms with Crippen LogP contribution in [0.25, 0.3) is 5.69 Å². The molecule has 1 N–H and O–H groups in total. The van der Waals surface area contributed by atoms with Gasteiger partial charge in [0.1, 0.15) is 5.82 Å². The summed E-state index contributed by atoms with van der Waals surface area (Å²) >= 11 is 6.11. The molecule has 1 aromatic carbocycles. The molecule has 0 amide bonds. The lowest BCUT2D eigenvalue weighted by Crippen LogP contribution is -2.35. The Kier molecular flexibility index (Phi) is 3.92. The summed E-state index contributed by atoms with van der Waals surface area (Å²) in [6.45, 7) is 6.89. The average molecular weight is 282 g/mol. The second-order valence-corrected chi connectivity index (χ2v) is 5.86. The van der Waals surface area contributed by atoms with Crippen LogP contribution in [-0.2, 0) is 6.54 Å². The Morgan fingerprint density at radius 1 is 1.37 bits per heavy atom. The molecule has 0 bridgehead atoms. The van der Waals surface area contributed by atoms with E-state index in [1.54, 1.807) is 23.2 Å². The highest BCUT2D eigenvalue weighted by Crippen LogP contribution is 2.22. The van der Waals surface area contributed by atoms with E-state index in [1.807, 2.05) is 0 Å². The molecule has 3 nitrogen and oxygen atoms in total. The predicted octanol–water partition coefficient (Wildman–Crippen LogP) is 3.55. The maximum atomic E-state index is 13.3. The van der Waals surface area contributed by atoms with Crippen LogP contribution in [0.4, 0.5) is 4.39 Å². The smallest absolute Gasteiger partial charge is 0.125 e. The van der Waals surface area contributed by atoms with E-state index in [4.69, 9.17) is 11.6 Å². The third kappa shape index (κ3) is 3.55. The van der Waals surface area contributed by atoms with Crippen LogP contribution in [0, 0.1) is 5.82 Å². The Labute approximate surface area is 117 Å². The highest BCUT2D eigenvalue weighted by molar-refractivity contribution is 6.32. The molecule has 1 heterocycles. The van der Waals surface area contributed by atoms with Crippen molar-refractivity contribution in [2.45, 2.75) is 32.9 Å². The lowest BCUT2D eigenvalue weighted by atomic mass is 10.1. The van der Waals surface area contributed by atoms with Crippen molar-refractivity contribution in [1.29, 1.82) is 0 Å². The van der Waals surface area contributed by atoms with Crippen LogP contribution in [0.5, 0.6) is 0 Å². The van der Waals surface area contributed by atoms with Gasteiger partial charge in [-0.2, -0.15) is 0 Å². The number of benzene rings is 1. The summed E-state index contributed by atoms with van der Waals surface area (Å²) in [5.41, 5.74) is 1.54. The summed E-state index contributed by atoms with van der Waals surface area (Å²) in [4.78, 5) is 4.11. The minimum Gasteiger partial charge on any atom is -0.306 e. The zero-order valence-corrected chi connectivity index (χ0v) is 12.0. The number of nitrogens with zero attached hydrogens (tertiary/aromatic N) is 2. The van der Waals surface area contributed by atoms with Crippen molar-refractivity contribution in [3.8, 4) is 5.69 Å². The molecule has 0 unspecified atom stereocenters. The van der Waals surface area contributed by atoms with Gasteiger partial charge < -0.3 is 9.88 Å². The number of hydrogen-bond donors (Lipinski definition) is 1. The van der Waals surface area contributed by atoms with Crippen LogP contribution in [0.3, 0.4) is 0 Å². The molecular formula is C14H17ClFN3. The van der Waals surface area contributed by atoms with Gasteiger partial charge in [0.15, 0.2) is 0 Å². The maximum absolute atomic E-state index is 13.3. The minimum absolute atomic E-state index is 0.000826. The molecule has 0 aliphatic carbocycles. The van der Waals surface area contributed by atoms with Crippen molar-refractivity contribution in [2.24, 2.45) is 0 Å². The molecule has 2 aromatic rings. The summed E-state index contributed by atoms with van der Waals surface area (Å²) in [6.07, 6.45) is 3.39. The van der Waals surface area contributed by atoms with E-state index in [0.29, 0.717) is 17.3 Å². The summed E-state index contributed by atoms with van der Waals surface area (Å²) < 4.78 is 15.1. The van der Waals surface area contributed by atoms with Gasteiger partial charge in [-0.1, -0.05) is 11.6 Å². The molecule has 5 heteroatoms. The number of halogens is 2. The molecule has 19 heavy (non-hydrogen) atoms. The lowest BCUT2D eigenvalue weighted by molar-refractivity contribution is 0.419. The fraction of sp³-hybridized carbons (Fsp3) is 0.357. The molecule has 0 fully saturated rings. The topological polar surface area (TPSA) is 29.9 Å². The van der Waals surface area contributed by atoms with Gasteiger partial charge in [0.2, 0.25) is 0 Å². The van der Waals surface area contributed by atoms with E-state index in [9.17, 15) is 4.39 Å². The molecule has 0 saturated heterocycles. The predicted molar refractivity (Wildman–Crippen MR) is 75.1 cm³/mol. The molecule has 0 saturated carbocycles. The fourth-order valence-electron chi connectivity index (χ4n) is 1.70. The molecule has 0 spiro atoms. The van der Waals surface area contributed by atoms with Crippen LogP contribution in [-0.4, -0.2) is 15.1 Å². The Balaban J connectivity index is 2.31. The highest BCUT2D eigenvalue weighted by Gasteiger charge is 2.13. The monoisotopic (exact) mass is 281 g/mol. The van der Waals surface area contributed by atoms with Crippen LogP contribution in [0.15, 0.2) is 30.7 Å². The third-order valence-corrected chi connectivity index (χ3v) is 3.00. The average Bonchev–Trinajstić information content (AvgIpc) is 2.77. The summed E-state index contributed by atoms with van der Waals surface area (Å²) in [5, 5.41) is 3.87. The zero-order valence-electron chi connectivity index (χ0n) is 11.2. The lowest BCUT2D eigenvalue weighted by Gasteiger charge is -2.21. The van der Waals surface area contributed by atoms with E-state index in [-0.39, 0.29) is 11.4 Å². The van der Waals surface area contributed by atoms with Gasteiger partial charge in [0, 0.05) is 18.3 Å². The Morgan fingerprint density at radius 2 is 2.11 bits per heavy atom. The highest BCUT2D eigenvalue weighted by atomic mass is 35.5. The summed E-state index contributed by atoms with van der Waals surface area (Å²) in [5.74, 6) is -0.317. The van der Waals surface area contributed by atoms with Crippen LogP contribution in [0.1, 0.15) is 26.5 Å². The Bertz CT molecular complexity index is 572. The molecule has 0 aliphatic rings. The van der Waals surface area contributed by atoms with E-state index < -0.39 is 0 Å². The van der Waals surface area contributed by atoms with Gasteiger partial charge in [0.25, 0.3) is 0 Å². The first-order chi connectivity index (χ1) is 8.87. The van der Waals surface area contributed by atoms with Crippen LogP contribution in [0.2, 0.25) is 5.02 Å². The van der Waals surface area contributed by atoms with Crippen LogP contribution >= 0.6 is 11.6 Å². The first-order valence-electron chi connectivity index (χ1n) is 6.08. The SMILES string of the molecule is CC(C)(C)NCc1cncn1-c1cc(F)ccc1Cl. The van der Waals surface area contributed by atoms with Crippen molar-refractivity contribution >= 4 is 11.6 Å². The molecule has 2 rings (SSSR count). The number of nitrogens with one attached hydrogen (secondary N) is 1. The van der Waals surface area contributed by atoms with E-state index in [2.05, 4.69) is 31.1 Å². The van der Waals surface area contributed by atoms with Gasteiger partial charge in [-0.15, -0.1) is 0 Å². The summed E-state index contributed by atoms with van der Waals surface area (Å²) in [7, 11) is 0. The van der Waals surface area contributed by atoms with E-state index in [0.717, 1.165) is 5.69 Å².